The first-order valence-electron chi connectivity index (χ1n) is 5.75. The van der Waals surface area contributed by atoms with Gasteiger partial charge >= 0.3 is 0 Å². The molecule has 0 saturated carbocycles. The van der Waals surface area contributed by atoms with E-state index in [9.17, 15) is 4.79 Å². The zero-order valence-electron chi connectivity index (χ0n) is 11.1. The molecule has 0 aliphatic carbocycles. The molecule has 1 aromatic rings. The SMILES string of the molecule is Cc1noc(C)c1CNC(C)(C(N)=O)C(C)C. The minimum atomic E-state index is -0.726. The van der Waals surface area contributed by atoms with E-state index < -0.39 is 5.54 Å². The van der Waals surface area contributed by atoms with Crippen LogP contribution in [0.2, 0.25) is 0 Å². The monoisotopic (exact) mass is 239 g/mol. The zero-order valence-corrected chi connectivity index (χ0v) is 11.1. The molecule has 0 saturated heterocycles. The summed E-state index contributed by atoms with van der Waals surface area (Å²) < 4.78 is 5.08. The van der Waals surface area contributed by atoms with Crippen molar-refractivity contribution in [3.8, 4) is 0 Å². The maximum absolute atomic E-state index is 11.5. The highest BCUT2D eigenvalue weighted by Gasteiger charge is 2.34. The lowest BCUT2D eigenvalue weighted by atomic mass is 9.87. The fraction of sp³-hybridized carbons (Fsp3) is 0.667. The predicted molar refractivity (Wildman–Crippen MR) is 65.3 cm³/mol. The number of aromatic nitrogens is 1. The van der Waals surface area contributed by atoms with Crippen LogP contribution in [0.15, 0.2) is 4.52 Å². The Morgan fingerprint density at radius 1 is 1.53 bits per heavy atom. The molecule has 0 radical (unpaired) electrons. The molecule has 1 unspecified atom stereocenters. The summed E-state index contributed by atoms with van der Waals surface area (Å²) in [5.74, 6) is 0.533. The molecule has 0 bridgehead atoms. The Kier molecular flexibility index (Phi) is 3.93. The van der Waals surface area contributed by atoms with Crippen LogP contribution in [-0.4, -0.2) is 16.6 Å². The highest BCUT2D eigenvalue weighted by Crippen LogP contribution is 2.19. The van der Waals surface area contributed by atoms with Crippen molar-refractivity contribution >= 4 is 5.91 Å². The van der Waals surface area contributed by atoms with E-state index in [1.165, 1.54) is 0 Å². The fourth-order valence-electron chi connectivity index (χ4n) is 1.60. The lowest BCUT2D eigenvalue weighted by Crippen LogP contribution is -2.56. The summed E-state index contributed by atoms with van der Waals surface area (Å²) in [4.78, 5) is 11.5. The molecule has 3 N–H and O–H groups in total. The summed E-state index contributed by atoms with van der Waals surface area (Å²) in [7, 11) is 0. The van der Waals surface area contributed by atoms with Gasteiger partial charge in [0.2, 0.25) is 5.91 Å². The second-order valence-corrected chi connectivity index (χ2v) is 4.88. The first-order chi connectivity index (χ1) is 7.79. The van der Waals surface area contributed by atoms with Crippen LogP contribution in [0.25, 0.3) is 0 Å². The molecule has 1 amide bonds. The van der Waals surface area contributed by atoms with Crippen LogP contribution in [0.4, 0.5) is 0 Å². The van der Waals surface area contributed by atoms with Crippen LogP contribution in [-0.2, 0) is 11.3 Å². The van der Waals surface area contributed by atoms with Gasteiger partial charge in [0, 0.05) is 12.1 Å². The number of carbonyl (C=O) groups excluding carboxylic acids is 1. The summed E-state index contributed by atoms with van der Waals surface area (Å²) in [5, 5.41) is 7.08. The van der Waals surface area contributed by atoms with Crippen LogP contribution in [0, 0.1) is 19.8 Å². The number of nitrogens with zero attached hydrogens (tertiary/aromatic N) is 1. The Labute approximate surface area is 102 Å². The quantitative estimate of drug-likeness (QED) is 0.811. The number of carbonyl (C=O) groups is 1. The van der Waals surface area contributed by atoms with Gasteiger partial charge in [0.05, 0.1) is 11.2 Å². The third-order valence-corrected chi connectivity index (χ3v) is 3.48. The van der Waals surface area contributed by atoms with E-state index in [4.69, 9.17) is 10.3 Å². The van der Waals surface area contributed by atoms with Gasteiger partial charge in [-0.05, 0) is 26.7 Å². The number of aryl methyl sites for hydroxylation is 2. The van der Waals surface area contributed by atoms with E-state index in [0.717, 1.165) is 17.0 Å². The number of amides is 1. The highest BCUT2D eigenvalue weighted by atomic mass is 16.5. The first-order valence-corrected chi connectivity index (χ1v) is 5.75. The molecule has 17 heavy (non-hydrogen) atoms. The molecule has 5 heteroatoms. The van der Waals surface area contributed by atoms with Gasteiger partial charge in [-0.3, -0.25) is 10.1 Å². The van der Waals surface area contributed by atoms with Crippen LogP contribution in [0.1, 0.15) is 37.8 Å². The molecular formula is C12H21N3O2. The van der Waals surface area contributed by atoms with Gasteiger partial charge in [-0.15, -0.1) is 0 Å². The van der Waals surface area contributed by atoms with Gasteiger partial charge < -0.3 is 10.3 Å². The van der Waals surface area contributed by atoms with Crippen LogP contribution in [0.5, 0.6) is 0 Å². The van der Waals surface area contributed by atoms with Crippen molar-refractivity contribution in [1.29, 1.82) is 0 Å². The average Bonchev–Trinajstić information content (AvgIpc) is 2.55. The Morgan fingerprint density at radius 3 is 2.47 bits per heavy atom. The second kappa shape index (κ2) is 4.87. The minimum absolute atomic E-state index is 0.112. The standard InChI is InChI=1S/C12H21N3O2/c1-7(2)12(5,11(13)16)14-6-10-8(3)15-17-9(10)4/h7,14H,6H2,1-5H3,(H2,13,16). The van der Waals surface area contributed by atoms with Crippen molar-refractivity contribution < 1.29 is 9.32 Å². The van der Waals surface area contributed by atoms with E-state index in [0.29, 0.717) is 6.54 Å². The molecule has 1 heterocycles. The maximum atomic E-state index is 11.5. The van der Waals surface area contributed by atoms with Crippen molar-refractivity contribution in [2.45, 2.75) is 46.7 Å². The first kappa shape index (κ1) is 13.7. The Morgan fingerprint density at radius 2 is 2.12 bits per heavy atom. The molecule has 5 nitrogen and oxygen atoms in total. The van der Waals surface area contributed by atoms with E-state index >= 15 is 0 Å². The minimum Gasteiger partial charge on any atom is -0.368 e. The fourth-order valence-corrected chi connectivity index (χ4v) is 1.60. The van der Waals surface area contributed by atoms with Crippen LogP contribution in [0.3, 0.4) is 0 Å². The molecule has 1 rings (SSSR count). The topological polar surface area (TPSA) is 81.2 Å². The largest absolute Gasteiger partial charge is 0.368 e. The van der Waals surface area contributed by atoms with E-state index in [1.54, 1.807) is 0 Å². The van der Waals surface area contributed by atoms with Gasteiger partial charge in [-0.2, -0.15) is 0 Å². The van der Waals surface area contributed by atoms with E-state index in [-0.39, 0.29) is 11.8 Å². The molecule has 0 spiro atoms. The number of rotatable bonds is 5. The van der Waals surface area contributed by atoms with Crippen molar-refractivity contribution in [2.75, 3.05) is 0 Å². The third kappa shape index (κ3) is 2.66. The number of nitrogens with two attached hydrogens (primary N) is 1. The normalized spacial score (nSPS) is 14.9. The number of hydrogen-bond donors (Lipinski definition) is 2. The molecule has 0 fully saturated rings. The summed E-state index contributed by atoms with van der Waals surface area (Å²) in [6.45, 7) is 10.0. The van der Waals surface area contributed by atoms with E-state index in [2.05, 4.69) is 10.5 Å². The van der Waals surface area contributed by atoms with E-state index in [1.807, 2.05) is 34.6 Å². The van der Waals surface area contributed by atoms with Crippen LogP contribution < -0.4 is 11.1 Å². The average molecular weight is 239 g/mol. The van der Waals surface area contributed by atoms with Gasteiger partial charge in [-0.25, -0.2) is 0 Å². The smallest absolute Gasteiger partial charge is 0.237 e. The van der Waals surface area contributed by atoms with Crippen LogP contribution >= 0.6 is 0 Å². The summed E-state index contributed by atoms with van der Waals surface area (Å²) in [5.41, 5.74) is 6.54. The molecule has 1 atom stereocenters. The molecule has 1 aromatic heterocycles. The Bertz CT molecular complexity index is 392. The molecule has 0 aliphatic rings. The predicted octanol–water partition coefficient (Wildman–Crippen LogP) is 1.28. The Hall–Kier alpha value is -1.36. The van der Waals surface area contributed by atoms with Gasteiger partial charge in [-0.1, -0.05) is 19.0 Å². The van der Waals surface area contributed by atoms with Gasteiger partial charge in [0.25, 0.3) is 0 Å². The lowest BCUT2D eigenvalue weighted by molar-refractivity contribution is -0.125. The number of primary amides is 1. The summed E-state index contributed by atoms with van der Waals surface area (Å²) >= 11 is 0. The maximum Gasteiger partial charge on any atom is 0.237 e. The van der Waals surface area contributed by atoms with Crippen molar-refractivity contribution in [3.05, 3.63) is 17.0 Å². The number of nitrogens with one attached hydrogen (secondary N) is 1. The molecular weight excluding hydrogens is 218 g/mol. The summed E-state index contributed by atoms with van der Waals surface area (Å²) in [6.07, 6.45) is 0. The Balaban J connectivity index is 2.82. The molecule has 0 aliphatic heterocycles. The van der Waals surface area contributed by atoms with Crippen molar-refractivity contribution in [3.63, 3.8) is 0 Å². The van der Waals surface area contributed by atoms with Crippen molar-refractivity contribution in [1.82, 2.24) is 10.5 Å². The molecule has 0 aromatic carbocycles. The second-order valence-electron chi connectivity index (χ2n) is 4.88. The zero-order chi connectivity index (χ0) is 13.2. The third-order valence-electron chi connectivity index (χ3n) is 3.48. The summed E-state index contributed by atoms with van der Waals surface area (Å²) in [6, 6.07) is 0. The molecule has 96 valence electrons. The lowest BCUT2D eigenvalue weighted by Gasteiger charge is -2.31. The van der Waals surface area contributed by atoms with Gasteiger partial charge in [0.1, 0.15) is 5.76 Å². The highest BCUT2D eigenvalue weighted by molar-refractivity contribution is 5.84. The number of hydrogen-bond acceptors (Lipinski definition) is 4. The van der Waals surface area contributed by atoms with Gasteiger partial charge in [0.15, 0.2) is 0 Å². The van der Waals surface area contributed by atoms with Crippen molar-refractivity contribution in [2.24, 2.45) is 11.7 Å².